The molecule has 11 heavy (non-hydrogen) atoms. The molecular weight excluding hydrogens is 168 g/mol. The fourth-order valence-electron chi connectivity index (χ4n) is 0.558. The largest absolute Gasteiger partial charge is 0.365 e. The summed E-state index contributed by atoms with van der Waals surface area (Å²) >= 11 is 0.775. The van der Waals surface area contributed by atoms with Crippen molar-refractivity contribution in [2.75, 3.05) is 0 Å². The number of carbonyl (C=O) groups excluding carboxylic acids is 1. The van der Waals surface area contributed by atoms with Gasteiger partial charge in [-0.15, -0.1) is 0 Å². The predicted octanol–water partition coefficient (Wildman–Crippen LogP) is 0.755. The molecule has 0 fully saturated rings. The maximum atomic E-state index is 10.4. The van der Waals surface area contributed by atoms with Crippen LogP contribution in [0.5, 0.6) is 0 Å². The quantitative estimate of drug-likeness (QED) is 0.527. The molecule has 0 aliphatic carbocycles. The summed E-state index contributed by atoms with van der Waals surface area (Å²) in [7, 11) is 0. The molecule has 0 saturated heterocycles. The van der Waals surface area contributed by atoms with Crippen molar-refractivity contribution in [2.24, 2.45) is 5.73 Å². The van der Waals surface area contributed by atoms with Crippen LogP contribution in [0.2, 0.25) is 0 Å². The van der Waals surface area contributed by atoms with E-state index >= 15 is 0 Å². The third-order valence-corrected chi connectivity index (χ3v) is 2.07. The Balaban J connectivity index is 2.99. The number of rotatable bonds is 2. The van der Waals surface area contributed by atoms with Crippen molar-refractivity contribution in [3.63, 3.8) is 0 Å². The average molecular weight is 172 g/mol. The van der Waals surface area contributed by atoms with E-state index in [0.717, 1.165) is 11.3 Å². The molecule has 5 nitrogen and oxygen atoms in total. The Morgan fingerprint density at radius 1 is 1.64 bits per heavy atom. The molecule has 1 aromatic heterocycles. The van der Waals surface area contributed by atoms with Gasteiger partial charge in [0.1, 0.15) is 0 Å². The Bertz CT molecular complexity index is 278. The lowest BCUT2D eigenvalue weighted by Gasteiger charge is -1.82. The van der Waals surface area contributed by atoms with E-state index in [2.05, 4.69) is 0 Å². The maximum absolute atomic E-state index is 10.4. The SMILES string of the molecule is NC(=O)c1ccc([N+](=O)[O-])s1. The number of nitrogens with two attached hydrogens (primary N) is 1. The van der Waals surface area contributed by atoms with Crippen molar-refractivity contribution in [1.82, 2.24) is 0 Å². The topological polar surface area (TPSA) is 86.2 Å². The molecule has 1 heterocycles. The zero-order valence-electron chi connectivity index (χ0n) is 5.31. The van der Waals surface area contributed by atoms with E-state index in [-0.39, 0.29) is 9.88 Å². The summed E-state index contributed by atoms with van der Waals surface area (Å²) in [5, 5.41) is 10.0. The van der Waals surface area contributed by atoms with E-state index in [1.807, 2.05) is 0 Å². The van der Waals surface area contributed by atoms with Crippen molar-refractivity contribution in [1.29, 1.82) is 0 Å². The summed E-state index contributed by atoms with van der Waals surface area (Å²) < 4.78 is 0. The summed E-state index contributed by atoms with van der Waals surface area (Å²) in [6, 6.07) is 2.59. The maximum Gasteiger partial charge on any atom is 0.324 e. The summed E-state index contributed by atoms with van der Waals surface area (Å²) in [6.07, 6.45) is 0. The molecule has 1 amide bonds. The Morgan fingerprint density at radius 2 is 2.27 bits per heavy atom. The summed E-state index contributed by atoms with van der Waals surface area (Å²) in [5.74, 6) is -0.636. The van der Waals surface area contributed by atoms with E-state index in [4.69, 9.17) is 5.73 Å². The van der Waals surface area contributed by atoms with Gasteiger partial charge in [0.25, 0.3) is 5.91 Å². The van der Waals surface area contributed by atoms with Crippen LogP contribution in [0.25, 0.3) is 0 Å². The zero-order valence-corrected chi connectivity index (χ0v) is 6.13. The molecule has 0 aliphatic heterocycles. The molecule has 0 unspecified atom stereocenters. The zero-order chi connectivity index (χ0) is 8.43. The highest BCUT2D eigenvalue weighted by Gasteiger charge is 2.11. The molecule has 1 aromatic rings. The second kappa shape index (κ2) is 2.67. The number of hydrogen-bond donors (Lipinski definition) is 1. The Kier molecular flexibility index (Phi) is 1.86. The third kappa shape index (κ3) is 1.53. The monoisotopic (exact) mass is 172 g/mol. The van der Waals surface area contributed by atoms with Gasteiger partial charge >= 0.3 is 5.00 Å². The number of amides is 1. The van der Waals surface area contributed by atoms with E-state index in [0.29, 0.717) is 0 Å². The normalized spacial score (nSPS) is 9.45. The smallest absolute Gasteiger partial charge is 0.324 e. The predicted molar refractivity (Wildman–Crippen MR) is 39.5 cm³/mol. The molecule has 2 N–H and O–H groups in total. The molecule has 0 saturated carbocycles. The summed E-state index contributed by atoms with van der Waals surface area (Å²) in [6.45, 7) is 0. The minimum absolute atomic E-state index is 0.0706. The van der Waals surface area contributed by atoms with Gasteiger partial charge in [-0.25, -0.2) is 0 Å². The number of nitro groups is 1. The average Bonchev–Trinajstić information content (AvgIpc) is 2.33. The fraction of sp³-hybridized carbons (Fsp3) is 0. The summed E-state index contributed by atoms with van der Waals surface area (Å²) in [5.41, 5.74) is 4.88. The van der Waals surface area contributed by atoms with Gasteiger partial charge in [-0.3, -0.25) is 14.9 Å². The van der Waals surface area contributed by atoms with Gasteiger partial charge in [-0.1, -0.05) is 11.3 Å². The van der Waals surface area contributed by atoms with Crippen molar-refractivity contribution < 1.29 is 9.72 Å². The van der Waals surface area contributed by atoms with E-state index < -0.39 is 10.8 Å². The minimum atomic E-state index is -0.636. The first-order chi connectivity index (χ1) is 5.11. The van der Waals surface area contributed by atoms with Crippen LogP contribution < -0.4 is 5.73 Å². The summed E-state index contributed by atoms with van der Waals surface area (Å²) in [4.78, 5) is 20.2. The first-order valence-corrected chi connectivity index (χ1v) is 3.47. The second-order valence-electron chi connectivity index (χ2n) is 1.76. The van der Waals surface area contributed by atoms with Crippen LogP contribution in [0, 0.1) is 10.1 Å². The molecule has 1 rings (SSSR count). The number of thiophene rings is 1. The van der Waals surface area contributed by atoms with Crippen LogP contribution in [0.1, 0.15) is 9.67 Å². The van der Waals surface area contributed by atoms with Crippen molar-refractivity contribution in [3.05, 3.63) is 27.1 Å². The molecule has 0 aromatic carbocycles. The number of carbonyl (C=O) groups is 1. The lowest BCUT2D eigenvalue weighted by molar-refractivity contribution is -0.380. The third-order valence-electron chi connectivity index (χ3n) is 1.01. The van der Waals surface area contributed by atoms with Gasteiger partial charge in [0.05, 0.1) is 9.80 Å². The van der Waals surface area contributed by atoms with Gasteiger partial charge in [0, 0.05) is 6.07 Å². The molecule has 0 aliphatic rings. The van der Waals surface area contributed by atoms with Gasteiger partial charge in [-0.05, 0) is 6.07 Å². The highest BCUT2D eigenvalue weighted by molar-refractivity contribution is 7.17. The molecule has 0 spiro atoms. The van der Waals surface area contributed by atoms with Gasteiger partial charge < -0.3 is 5.73 Å². The first-order valence-electron chi connectivity index (χ1n) is 2.65. The van der Waals surface area contributed by atoms with Crippen molar-refractivity contribution in [2.45, 2.75) is 0 Å². The molecule has 58 valence electrons. The Morgan fingerprint density at radius 3 is 2.55 bits per heavy atom. The highest BCUT2D eigenvalue weighted by Crippen LogP contribution is 2.22. The first kappa shape index (κ1) is 7.67. The van der Waals surface area contributed by atoms with Crippen LogP contribution in [0.4, 0.5) is 5.00 Å². The van der Waals surface area contributed by atoms with E-state index in [1.165, 1.54) is 12.1 Å². The van der Waals surface area contributed by atoms with Crippen LogP contribution in [-0.4, -0.2) is 10.8 Å². The molecular formula is C5H4N2O3S. The molecule has 0 bridgehead atoms. The Hall–Kier alpha value is -1.43. The second-order valence-corrected chi connectivity index (χ2v) is 2.82. The number of nitrogens with zero attached hydrogens (tertiary/aromatic N) is 1. The van der Waals surface area contributed by atoms with Crippen LogP contribution in [0.3, 0.4) is 0 Å². The van der Waals surface area contributed by atoms with Crippen LogP contribution in [0.15, 0.2) is 12.1 Å². The highest BCUT2D eigenvalue weighted by atomic mass is 32.1. The Labute approximate surface area is 65.6 Å². The van der Waals surface area contributed by atoms with Gasteiger partial charge in [-0.2, -0.15) is 0 Å². The number of hydrogen-bond acceptors (Lipinski definition) is 4. The lowest BCUT2D eigenvalue weighted by atomic mass is 10.4. The van der Waals surface area contributed by atoms with Crippen molar-refractivity contribution in [3.8, 4) is 0 Å². The molecule has 0 radical (unpaired) electrons. The minimum Gasteiger partial charge on any atom is -0.365 e. The van der Waals surface area contributed by atoms with Crippen LogP contribution in [-0.2, 0) is 0 Å². The lowest BCUT2D eigenvalue weighted by Crippen LogP contribution is -2.07. The van der Waals surface area contributed by atoms with Gasteiger partial charge in [0.15, 0.2) is 0 Å². The van der Waals surface area contributed by atoms with Crippen molar-refractivity contribution >= 4 is 22.2 Å². The fourth-order valence-corrected chi connectivity index (χ4v) is 1.23. The van der Waals surface area contributed by atoms with Crippen LogP contribution >= 0.6 is 11.3 Å². The molecule has 6 heteroatoms. The molecule has 0 atom stereocenters. The van der Waals surface area contributed by atoms with E-state index in [1.54, 1.807) is 0 Å². The standard InChI is InChI=1S/C5H4N2O3S/c6-5(8)3-1-2-4(11-3)7(9)10/h1-2H,(H2,6,8). The van der Waals surface area contributed by atoms with E-state index in [9.17, 15) is 14.9 Å². The number of primary amides is 1. The van der Waals surface area contributed by atoms with Gasteiger partial charge in [0.2, 0.25) is 0 Å².